The summed E-state index contributed by atoms with van der Waals surface area (Å²) in [5.41, 5.74) is 1.93. The number of benzene rings is 2. The van der Waals surface area contributed by atoms with Gasteiger partial charge in [0.2, 0.25) is 0 Å². The van der Waals surface area contributed by atoms with Gasteiger partial charge in [0.05, 0.1) is 5.56 Å². The van der Waals surface area contributed by atoms with Gasteiger partial charge in [-0.05, 0) is 23.8 Å². The maximum absolute atomic E-state index is 12.8. The molecule has 1 heterocycles. The van der Waals surface area contributed by atoms with Crippen LogP contribution in [0.25, 0.3) is 11.4 Å². The number of rotatable bonds is 5. The van der Waals surface area contributed by atoms with Gasteiger partial charge in [0.1, 0.15) is 0 Å². The van der Waals surface area contributed by atoms with Crippen molar-refractivity contribution in [2.45, 2.75) is 17.1 Å². The summed E-state index contributed by atoms with van der Waals surface area (Å²) in [4.78, 5) is 2.00. The summed E-state index contributed by atoms with van der Waals surface area (Å²) in [6.45, 7) is 0. The van der Waals surface area contributed by atoms with E-state index in [-0.39, 0.29) is 0 Å². The monoisotopic (exact) mass is 392 g/mol. The van der Waals surface area contributed by atoms with Gasteiger partial charge >= 0.3 is 6.18 Å². The highest BCUT2D eigenvalue weighted by atomic mass is 32.2. The lowest BCUT2D eigenvalue weighted by molar-refractivity contribution is -0.137. The molecular weight excluding hydrogens is 373 g/mol. The summed E-state index contributed by atoms with van der Waals surface area (Å²) in [5.74, 6) is 1.10. The van der Waals surface area contributed by atoms with Crippen LogP contribution < -0.4 is 4.90 Å². The van der Waals surface area contributed by atoms with Crippen molar-refractivity contribution < 1.29 is 13.2 Å². The lowest BCUT2D eigenvalue weighted by atomic mass is 10.1. The molecule has 0 bridgehead atoms. The third-order valence-electron chi connectivity index (χ3n) is 4.08. The molecular formula is C19H19F3N4S. The van der Waals surface area contributed by atoms with Gasteiger partial charge in [0.25, 0.3) is 0 Å². The predicted molar refractivity (Wildman–Crippen MR) is 102 cm³/mol. The average Bonchev–Trinajstić information content (AvgIpc) is 3.00. The minimum atomic E-state index is -4.34. The normalized spacial score (nSPS) is 11.6. The van der Waals surface area contributed by atoms with Crippen LogP contribution in [0.3, 0.4) is 0 Å². The molecule has 8 heteroatoms. The fraction of sp³-hybridized carbons (Fsp3) is 0.263. The first-order chi connectivity index (χ1) is 12.8. The molecule has 0 fully saturated rings. The Balaban J connectivity index is 1.78. The highest BCUT2D eigenvalue weighted by Gasteiger charge is 2.30. The molecule has 0 spiro atoms. The highest BCUT2D eigenvalue weighted by Crippen LogP contribution is 2.31. The molecule has 0 unspecified atom stereocenters. The first-order valence-electron chi connectivity index (χ1n) is 8.22. The van der Waals surface area contributed by atoms with Crippen molar-refractivity contribution >= 4 is 17.4 Å². The molecule has 1 aromatic heterocycles. The van der Waals surface area contributed by atoms with Crippen LogP contribution in [-0.4, -0.2) is 28.9 Å². The van der Waals surface area contributed by atoms with Crippen LogP contribution in [0.15, 0.2) is 53.7 Å². The largest absolute Gasteiger partial charge is 0.416 e. The smallest absolute Gasteiger partial charge is 0.378 e. The van der Waals surface area contributed by atoms with E-state index in [2.05, 4.69) is 10.2 Å². The summed E-state index contributed by atoms with van der Waals surface area (Å²) in [5, 5.41) is 9.09. The average molecular weight is 392 g/mol. The lowest BCUT2D eigenvalue weighted by Gasteiger charge is -2.13. The van der Waals surface area contributed by atoms with E-state index in [4.69, 9.17) is 0 Å². The van der Waals surface area contributed by atoms with E-state index in [9.17, 15) is 13.2 Å². The third-order valence-corrected chi connectivity index (χ3v) is 5.17. The highest BCUT2D eigenvalue weighted by molar-refractivity contribution is 7.98. The Morgan fingerprint density at radius 2 is 1.78 bits per heavy atom. The van der Waals surface area contributed by atoms with Crippen LogP contribution in [0.5, 0.6) is 0 Å². The molecule has 0 aliphatic carbocycles. The van der Waals surface area contributed by atoms with E-state index in [0.717, 1.165) is 17.3 Å². The number of anilines is 1. The Bertz CT molecular complexity index is 935. The number of alkyl halides is 3. The number of hydrogen-bond acceptors (Lipinski definition) is 4. The van der Waals surface area contributed by atoms with Gasteiger partial charge in [-0.15, -0.1) is 10.2 Å². The summed E-state index contributed by atoms with van der Waals surface area (Å²) in [7, 11) is 5.78. The van der Waals surface area contributed by atoms with E-state index >= 15 is 0 Å². The molecule has 0 N–H and O–H groups in total. The van der Waals surface area contributed by atoms with Gasteiger partial charge in [-0.1, -0.05) is 42.1 Å². The zero-order valence-electron chi connectivity index (χ0n) is 15.2. The van der Waals surface area contributed by atoms with Crippen molar-refractivity contribution in [3.63, 3.8) is 0 Å². The van der Waals surface area contributed by atoms with Crippen molar-refractivity contribution in [2.75, 3.05) is 19.0 Å². The van der Waals surface area contributed by atoms with Crippen LogP contribution in [0.4, 0.5) is 18.9 Å². The van der Waals surface area contributed by atoms with Gasteiger partial charge in [0, 0.05) is 38.1 Å². The molecule has 0 radical (unpaired) electrons. The summed E-state index contributed by atoms with van der Waals surface area (Å²) in [6.07, 6.45) is -4.34. The summed E-state index contributed by atoms with van der Waals surface area (Å²) in [6, 6.07) is 13.3. The van der Waals surface area contributed by atoms with Crippen molar-refractivity contribution in [1.82, 2.24) is 14.8 Å². The first kappa shape index (κ1) is 19.3. The maximum atomic E-state index is 12.8. The summed E-state index contributed by atoms with van der Waals surface area (Å²) >= 11 is 1.36. The second-order valence-corrected chi connectivity index (χ2v) is 7.24. The van der Waals surface area contributed by atoms with Crippen molar-refractivity contribution in [1.29, 1.82) is 0 Å². The Morgan fingerprint density at radius 1 is 1.04 bits per heavy atom. The van der Waals surface area contributed by atoms with E-state index in [0.29, 0.717) is 22.3 Å². The van der Waals surface area contributed by atoms with Crippen molar-refractivity contribution in [3.8, 4) is 11.4 Å². The van der Waals surface area contributed by atoms with Crippen LogP contribution in [0, 0.1) is 0 Å². The van der Waals surface area contributed by atoms with Crippen molar-refractivity contribution in [2.24, 2.45) is 7.05 Å². The fourth-order valence-corrected chi connectivity index (χ4v) is 3.45. The zero-order chi connectivity index (χ0) is 19.6. The molecule has 0 atom stereocenters. The van der Waals surface area contributed by atoms with Gasteiger partial charge < -0.3 is 9.47 Å². The number of aromatic nitrogens is 3. The van der Waals surface area contributed by atoms with Crippen LogP contribution in [0.2, 0.25) is 0 Å². The summed E-state index contributed by atoms with van der Waals surface area (Å²) < 4.78 is 40.4. The first-order valence-corrected chi connectivity index (χ1v) is 9.20. The number of halogens is 3. The molecule has 0 aliphatic rings. The lowest BCUT2D eigenvalue weighted by Crippen LogP contribution is -2.08. The molecule has 0 amide bonds. The van der Waals surface area contributed by atoms with E-state index in [1.807, 2.05) is 54.9 Å². The second-order valence-electron chi connectivity index (χ2n) is 6.30. The van der Waals surface area contributed by atoms with Crippen LogP contribution in [0.1, 0.15) is 11.1 Å². The van der Waals surface area contributed by atoms with E-state index < -0.39 is 11.7 Å². The molecule has 0 saturated carbocycles. The molecule has 3 rings (SSSR count). The quantitative estimate of drug-likeness (QED) is 0.581. The standard InChI is InChI=1S/C19H19F3N4S/c1-25(2)16-9-5-7-14(11-16)17-23-24-18(26(17)3)27-12-13-6-4-8-15(10-13)19(20,21)22/h4-11H,12H2,1-3H3. The molecule has 3 aromatic rings. The molecule has 0 saturated heterocycles. The van der Waals surface area contributed by atoms with Gasteiger partial charge in [-0.3, -0.25) is 0 Å². The molecule has 27 heavy (non-hydrogen) atoms. The number of thioether (sulfide) groups is 1. The minimum absolute atomic E-state index is 0.383. The maximum Gasteiger partial charge on any atom is 0.416 e. The Morgan fingerprint density at radius 3 is 2.48 bits per heavy atom. The van der Waals surface area contributed by atoms with Gasteiger partial charge in [0.15, 0.2) is 11.0 Å². The van der Waals surface area contributed by atoms with Gasteiger partial charge in [-0.2, -0.15) is 13.2 Å². The van der Waals surface area contributed by atoms with E-state index in [1.54, 1.807) is 6.07 Å². The predicted octanol–water partition coefficient (Wildman–Crippen LogP) is 4.86. The molecule has 142 valence electrons. The number of hydrogen-bond donors (Lipinski definition) is 0. The second kappa shape index (κ2) is 7.64. The zero-order valence-corrected chi connectivity index (χ0v) is 16.0. The third kappa shape index (κ3) is 4.44. The Labute approximate surface area is 160 Å². The van der Waals surface area contributed by atoms with Crippen molar-refractivity contribution in [3.05, 3.63) is 59.7 Å². The Kier molecular flexibility index (Phi) is 5.46. The van der Waals surface area contributed by atoms with E-state index in [1.165, 1.54) is 23.9 Å². The molecule has 0 aliphatic heterocycles. The van der Waals surface area contributed by atoms with Crippen LogP contribution in [-0.2, 0) is 19.0 Å². The minimum Gasteiger partial charge on any atom is -0.378 e. The van der Waals surface area contributed by atoms with Gasteiger partial charge in [-0.25, -0.2) is 0 Å². The molecule has 2 aromatic carbocycles. The molecule has 4 nitrogen and oxygen atoms in total. The number of nitrogens with zero attached hydrogens (tertiary/aromatic N) is 4. The van der Waals surface area contributed by atoms with Crippen LogP contribution >= 0.6 is 11.8 Å². The topological polar surface area (TPSA) is 34.0 Å². The SMILES string of the molecule is CN(C)c1cccc(-c2nnc(SCc3cccc(C(F)(F)F)c3)n2C)c1. The Hall–Kier alpha value is -2.48. The fourth-order valence-electron chi connectivity index (χ4n) is 2.60.